The third-order valence-electron chi connectivity index (χ3n) is 6.22. The third-order valence-corrected chi connectivity index (χ3v) is 8.75. The summed E-state index contributed by atoms with van der Waals surface area (Å²) in [5, 5.41) is 0. The van der Waals surface area contributed by atoms with Crippen LogP contribution in [0, 0.1) is 0 Å². The Morgan fingerprint density at radius 1 is 0.824 bits per heavy atom. The fraction of sp³-hybridized carbons (Fsp3) is 0.276. The summed E-state index contributed by atoms with van der Waals surface area (Å²) in [7, 11) is -2.79. The standard InChI is InChI=1S/C29H33N2O2P/c1-3-5-21-34(32,33-4-2)23-28-22-31(24-30-28)29(25-15-9-6-10-16-25,26-17-11-7-12-18-26)27-19-13-8-14-20-27/h6-20,22,24H,3-5,21,23H2,1-2H3. The number of aromatic nitrogens is 2. The van der Waals surface area contributed by atoms with E-state index in [4.69, 9.17) is 9.51 Å². The Morgan fingerprint density at radius 3 is 1.76 bits per heavy atom. The highest BCUT2D eigenvalue weighted by molar-refractivity contribution is 7.58. The molecule has 4 aromatic rings. The van der Waals surface area contributed by atoms with E-state index in [0.29, 0.717) is 18.9 Å². The number of unbranched alkanes of at least 4 members (excludes halogenated alkanes) is 1. The maximum atomic E-state index is 13.5. The number of benzene rings is 3. The topological polar surface area (TPSA) is 44.1 Å². The summed E-state index contributed by atoms with van der Waals surface area (Å²) in [6.45, 7) is 4.46. The van der Waals surface area contributed by atoms with Gasteiger partial charge in [-0.15, -0.1) is 0 Å². The molecule has 1 aromatic heterocycles. The lowest BCUT2D eigenvalue weighted by Gasteiger charge is -2.37. The van der Waals surface area contributed by atoms with Crippen LogP contribution in [0.4, 0.5) is 0 Å². The minimum atomic E-state index is -2.79. The second kappa shape index (κ2) is 11.0. The molecule has 0 fully saturated rings. The molecular weight excluding hydrogens is 439 g/mol. The summed E-state index contributed by atoms with van der Waals surface area (Å²) >= 11 is 0. The summed E-state index contributed by atoms with van der Waals surface area (Å²) in [6, 6.07) is 31.5. The smallest absolute Gasteiger partial charge is 0.209 e. The lowest BCUT2D eigenvalue weighted by atomic mass is 9.77. The molecule has 3 aromatic carbocycles. The van der Waals surface area contributed by atoms with Crippen molar-refractivity contribution < 1.29 is 9.09 Å². The zero-order valence-electron chi connectivity index (χ0n) is 20.0. The summed E-state index contributed by atoms with van der Waals surface area (Å²) in [5.74, 6) is 0. The maximum Gasteiger partial charge on any atom is 0.209 e. The lowest BCUT2D eigenvalue weighted by molar-refractivity contribution is 0.331. The van der Waals surface area contributed by atoms with Gasteiger partial charge >= 0.3 is 0 Å². The molecule has 0 bridgehead atoms. The first-order valence-electron chi connectivity index (χ1n) is 12.0. The van der Waals surface area contributed by atoms with Gasteiger partial charge < -0.3 is 9.09 Å². The van der Waals surface area contributed by atoms with Crippen LogP contribution in [0.5, 0.6) is 0 Å². The molecule has 176 valence electrons. The molecular formula is C29H33N2O2P. The van der Waals surface area contributed by atoms with Gasteiger partial charge in [-0.2, -0.15) is 0 Å². The monoisotopic (exact) mass is 472 g/mol. The van der Waals surface area contributed by atoms with Crippen molar-refractivity contribution in [3.05, 3.63) is 126 Å². The van der Waals surface area contributed by atoms with Crippen molar-refractivity contribution in [3.8, 4) is 0 Å². The van der Waals surface area contributed by atoms with Crippen LogP contribution in [0.25, 0.3) is 0 Å². The molecule has 0 amide bonds. The molecule has 34 heavy (non-hydrogen) atoms. The van der Waals surface area contributed by atoms with Gasteiger partial charge in [0.1, 0.15) is 5.54 Å². The molecule has 0 N–H and O–H groups in total. The van der Waals surface area contributed by atoms with Gasteiger partial charge in [0.25, 0.3) is 0 Å². The molecule has 4 rings (SSSR count). The summed E-state index contributed by atoms with van der Waals surface area (Å²) in [5.41, 5.74) is 3.58. The van der Waals surface area contributed by atoms with Crippen LogP contribution < -0.4 is 0 Å². The van der Waals surface area contributed by atoms with Gasteiger partial charge in [0, 0.05) is 12.4 Å². The van der Waals surface area contributed by atoms with E-state index in [2.05, 4.69) is 84.3 Å². The molecule has 4 nitrogen and oxygen atoms in total. The molecule has 0 aliphatic carbocycles. The number of rotatable bonds is 11. The van der Waals surface area contributed by atoms with Crippen molar-refractivity contribution in [2.24, 2.45) is 0 Å². The van der Waals surface area contributed by atoms with Crippen molar-refractivity contribution in [1.29, 1.82) is 0 Å². The Hall–Kier alpha value is -2.94. The minimum Gasteiger partial charge on any atom is -0.328 e. The van der Waals surface area contributed by atoms with Crippen molar-refractivity contribution >= 4 is 7.37 Å². The molecule has 0 radical (unpaired) electrons. The van der Waals surface area contributed by atoms with Gasteiger partial charge in [0.15, 0.2) is 0 Å². The molecule has 1 atom stereocenters. The first-order chi connectivity index (χ1) is 16.6. The van der Waals surface area contributed by atoms with Crippen molar-refractivity contribution in [1.82, 2.24) is 9.55 Å². The molecule has 0 saturated heterocycles. The number of nitrogens with zero attached hydrogens (tertiary/aromatic N) is 2. The fourth-order valence-corrected chi connectivity index (χ4v) is 6.99. The highest BCUT2D eigenvalue weighted by atomic mass is 31.2. The van der Waals surface area contributed by atoms with E-state index in [1.165, 1.54) is 0 Å². The summed E-state index contributed by atoms with van der Waals surface area (Å²) in [4.78, 5) is 4.74. The highest BCUT2D eigenvalue weighted by Crippen LogP contribution is 2.51. The Kier molecular flexibility index (Phi) is 7.82. The maximum absolute atomic E-state index is 13.5. The second-order valence-corrected chi connectivity index (χ2v) is 11.2. The first kappa shape index (κ1) is 24.2. The quantitative estimate of drug-likeness (QED) is 0.169. The van der Waals surface area contributed by atoms with E-state index in [9.17, 15) is 4.57 Å². The molecule has 0 spiro atoms. The van der Waals surface area contributed by atoms with Gasteiger partial charge in [-0.25, -0.2) is 4.98 Å². The first-order valence-corrected chi connectivity index (χ1v) is 14.0. The van der Waals surface area contributed by atoms with Crippen molar-refractivity contribution in [2.45, 2.75) is 38.4 Å². The zero-order chi connectivity index (χ0) is 23.9. The van der Waals surface area contributed by atoms with E-state index in [0.717, 1.165) is 35.2 Å². The van der Waals surface area contributed by atoms with Crippen LogP contribution in [-0.2, 0) is 20.8 Å². The predicted molar refractivity (Wildman–Crippen MR) is 140 cm³/mol. The third kappa shape index (κ3) is 4.94. The summed E-state index contributed by atoms with van der Waals surface area (Å²) < 4.78 is 21.5. The molecule has 0 aliphatic heterocycles. The Labute approximate surface area is 203 Å². The Morgan fingerprint density at radius 2 is 1.32 bits per heavy atom. The largest absolute Gasteiger partial charge is 0.328 e. The van der Waals surface area contributed by atoms with E-state index < -0.39 is 12.9 Å². The molecule has 0 aliphatic rings. The van der Waals surface area contributed by atoms with Gasteiger partial charge in [0.05, 0.1) is 24.8 Å². The van der Waals surface area contributed by atoms with Crippen molar-refractivity contribution in [3.63, 3.8) is 0 Å². The normalized spacial score (nSPS) is 13.5. The van der Waals surface area contributed by atoms with E-state index in [1.54, 1.807) is 0 Å². The predicted octanol–water partition coefficient (Wildman–Crippen LogP) is 7.34. The molecule has 5 heteroatoms. The van der Waals surface area contributed by atoms with Crippen LogP contribution in [0.1, 0.15) is 49.1 Å². The lowest BCUT2D eigenvalue weighted by Crippen LogP contribution is -2.36. The second-order valence-electron chi connectivity index (χ2n) is 8.55. The zero-order valence-corrected chi connectivity index (χ0v) is 20.9. The van der Waals surface area contributed by atoms with Crippen LogP contribution in [0.15, 0.2) is 104 Å². The van der Waals surface area contributed by atoms with Gasteiger partial charge in [-0.1, -0.05) is 104 Å². The van der Waals surface area contributed by atoms with Crippen LogP contribution >= 0.6 is 7.37 Å². The van der Waals surface area contributed by atoms with Gasteiger partial charge in [-0.05, 0) is 30.0 Å². The van der Waals surface area contributed by atoms with E-state index in [-0.39, 0.29) is 0 Å². The van der Waals surface area contributed by atoms with Crippen LogP contribution in [-0.4, -0.2) is 22.3 Å². The minimum absolute atomic E-state index is 0.349. The SMILES string of the molecule is CCCCP(=O)(Cc1cn(C(c2ccccc2)(c2ccccc2)c2ccccc2)cn1)OCC. The molecule has 0 saturated carbocycles. The number of hydrogen-bond acceptors (Lipinski definition) is 3. The Bertz CT molecular complexity index is 1110. The Balaban J connectivity index is 1.88. The van der Waals surface area contributed by atoms with Crippen molar-refractivity contribution in [2.75, 3.05) is 12.8 Å². The van der Waals surface area contributed by atoms with E-state index >= 15 is 0 Å². The van der Waals surface area contributed by atoms with E-state index in [1.807, 2.05) is 37.6 Å². The average molecular weight is 473 g/mol. The summed E-state index contributed by atoms with van der Waals surface area (Å²) in [6.07, 6.45) is 6.74. The average Bonchev–Trinajstić information content (AvgIpc) is 3.33. The molecule has 1 heterocycles. The number of hydrogen-bond donors (Lipinski definition) is 0. The highest BCUT2D eigenvalue weighted by Gasteiger charge is 2.38. The van der Waals surface area contributed by atoms with Gasteiger partial charge in [0.2, 0.25) is 7.37 Å². The van der Waals surface area contributed by atoms with Gasteiger partial charge in [-0.3, -0.25) is 4.57 Å². The molecule has 1 unspecified atom stereocenters. The fourth-order valence-electron chi connectivity index (χ4n) is 4.68. The van der Waals surface area contributed by atoms with Crippen LogP contribution in [0.2, 0.25) is 0 Å². The number of imidazole rings is 1. The van der Waals surface area contributed by atoms with Crippen LogP contribution in [0.3, 0.4) is 0 Å².